The molecule has 3 amide bonds. The fraction of sp³-hybridized carbons (Fsp3) is 0.250. The maximum absolute atomic E-state index is 13.7. The number of benzene rings is 1. The average Bonchev–Trinajstić information content (AvgIpc) is 3.39. The van der Waals surface area contributed by atoms with E-state index in [-0.39, 0.29) is 35.4 Å². The number of nitrogens with one attached hydrogen (secondary N) is 4. The number of halogens is 4. The van der Waals surface area contributed by atoms with Gasteiger partial charge in [-0.1, -0.05) is 0 Å². The third-order valence-electron chi connectivity index (χ3n) is 5.06. The summed E-state index contributed by atoms with van der Waals surface area (Å²) in [5, 5.41) is 14.7. The molecule has 0 atom stereocenters. The largest absolute Gasteiger partial charge is 0.416 e. The molecular weight excluding hydrogens is 460 g/mol. The minimum absolute atomic E-state index is 0.00386. The van der Waals surface area contributed by atoms with Crippen molar-refractivity contribution in [3.63, 3.8) is 0 Å². The summed E-state index contributed by atoms with van der Waals surface area (Å²) in [6.07, 6.45) is 0.00109. The fourth-order valence-corrected chi connectivity index (χ4v) is 3.31. The lowest BCUT2D eigenvalue weighted by molar-refractivity contribution is -0.137. The van der Waals surface area contributed by atoms with E-state index in [1.165, 1.54) is 16.8 Å². The van der Waals surface area contributed by atoms with Gasteiger partial charge >= 0.3 is 12.2 Å². The van der Waals surface area contributed by atoms with Crippen LogP contribution in [0.15, 0.2) is 30.1 Å². The van der Waals surface area contributed by atoms with Crippen molar-refractivity contribution in [3.05, 3.63) is 52.6 Å². The van der Waals surface area contributed by atoms with E-state index >= 15 is 0 Å². The van der Waals surface area contributed by atoms with Gasteiger partial charge in [-0.2, -0.15) is 32.8 Å². The molecule has 2 aliphatic rings. The predicted octanol–water partition coefficient (Wildman–Crippen LogP) is 2.65. The number of amides is 3. The zero-order valence-electron chi connectivity index (χ0n) is 17.2. The van der Waals surface area contributed by atoms with E-state index in [1.807, 2.05) is 0 Å². The van der Waals surface area contributed by atoms with Crippen LogP contribution in [0.5, 0.6) is 0 Å². The molecule has 3 heterocycles. The van der Waals surface area contributed by atoms with Gasteiger partial charge in [0.25, 0.3) is 5.91 Å². The van der Waals surface area contributed by atoms with Gasteiger partial charge in [0, 0.05) is 18.2 Å². The Morgan fingerprint density at radius 1 is 1.15 bits per heavy atom. The van der Waals surface area contributed by atoms with Crippen LogP contribution in [0.3, 0.4) is 0 Å². The van der Waals surface area contributed by atoms with Crippen LogP contribution < -0.4 is 21.3 Å². The molecule has 14 heteroatoms. The molecule has 3 aromatic rings. The second-order valence-electron chi connectivity index (χ2n) is 7.79. The number of urea groups is 1. The van der Waals surface area contributed by atoms with E-state index in [4.69, 9.17) is 0 Å². The van der Waals surface area contributed by atoms with Gasteiger partial charge in [-0.25, -0.2) is 9.18 Å². The highest BCUT2D eigenvalue weighted by molar-refractivity contribution is 6.14. The summed E-state index contributed by atoms with van der Waals surface area (Å²) >= 11 is 0. The molecule has 10 nitrogen and oxygen atoms in total. The first-order chi connectivity index (χ1) is 16.2. The molecule has 5 rings (SSSR count). The molecule has 0 spiro atoms. The van der Waals surface area contributed by atoms with Gasteiger partial charge in [-0.15, -0.1) is 0 Å². The summed E-state index contributed by atoms with van der Waals surface area (Å²) in [6, 6.07) is 1.78. The first-order valence-corrected chi connectivity index (χ1v) is 10.1. The Morgan fingerprint density at radius 3 is 2.62 bits per heavy atom. The number of fused-ring (bicyclic) bond motifs is 1. The molecule has 4 N–H and O–H groups in total. The highest BCUT2D eigenvalue weighted by Gasteiger charge is 2.31. The normalized spacial score (nSPS) is 17.2. The number of imide groups is 1. The van der Waals surface area contributed by atoms with E-state index < -0.39 is 29.5 Å². The summed E-state index contributed by atoms with van der Waals surface area (Å²) < 4.78 is 54.1. The number of hydrogen-bond donors (Lipinski definition) is 4. The zero-order valence-corrected chi connectivity index (χ0v) is 17.2. The molecule has 1 saturated heterocycles. The van der Waals surface area contributed by atoms with Crippen LogP contribution in [0.1, 0.15) is 29.5 Å². The molecule has 1 aliphatic heterocycles. The highest BCUT2D eigenvalue weighted by atomic mass is 19.4. The van der Waals surface area contributed by atoms with Crippen LogP contribution in [0.4, 0.5) is 34.3 Å². The van der Waals surface area contributed by atoms with Gasteiger partial charge in [0.15, 0.2) is 5.65 Å². The topological polar surface area (TPSA) is 125 Å². The summed E-state index contributed by atoms with van der Waals surface area (Å²) in [4.78, 5) is 31.9. The average molecular weight is 476 g/mol. The maximum Gasteiger partial charge on any atom is 0.416 e. The van der Waals surface area contributed by atoms with Crippen molar-refractivity contribution < 1.29 is 27.2 Å². The third-order valence-corrected chi connectivity index (χ3v) is 5.06. The summed E-state index contributed by atoms with van der Waals surface area (Å²) in [7, 11) is 0. The van der Waals surface area contributed by atoms with Crippen molar-refractivity contribution in [2.75, 3.05) is 10.6 Å². The molecule has 0 bridgehead atoms. The van der Waals surface area contributed by atoms with Crippen LogP contribution in [0.25, 0.3) is 11.7 Å². The van der Waals surface area contributed by atoms with Gasteiger partial charge in [0.1, 0.15) is 11.5 Å². The van der Waals surface area contributed by atoms with Crippen molar-refractivity contribution in [3.8, 4) is 0 Å². The Bertz CT molecular complexity index is 1350. The number of carbonyl (C=O) groups excluding carboxylic acids is 2. The van der Waals surface area contributed by atoms with Crippen LogP contribution in [-0.4, -0.2) is 37.6 Å². The molecule has 0 radical (unpaired) electrons. The first-order valence-electron chi connectivity index (χ1n) is 10.1. The van der Waals surface area contributed by atoms with E-state index in [1.54, 1.807) is 0 Å². The molecular formula is C20H16F4N8O2. The van der Waals surface area contributed by atoms with Gasteiger partial charge in [-0.3, -0.25) is 10.1 Å². The fourth-order valence-electron chi connectivity index (χ4n) is 3.31. The lowest BCUT2D eigenvalue weighted by Gasteiger charge is -2.12. The molecule has 1 saturated carbocycles. The molecule has 176 valence electrons. The number of aromatic nitrogens is 4. The van der Waals surface area contributed by atoms with Gasteiger partial charge < -0.3 is 16.0 Å². The number of nitrogens with zero attached hydrogens (tertiary/aromatic N) is 4. The molecule has 2 aromatic heterocycles. The lowest BCUT2D eigenvalue weighted by atomic mass is 10.1. The minimum Gasteiger partial charge on any atom is -0.351 e. The third kappa shape index (κ3) is 4.46. The summed E-state index contributed by atoms with van der Waals surface area (Å²) in [5.41, 5.74) is -0.379. The van der Waals surface area contributed by atoms with Crippen molar-refractivity contribution in [2.24, 2.45) is 0 Å². The number of hydrogen-bond acceptors (Lipinski definition) is 7. The van der Waals surface area contributed by atoms with Crippen molar-refractivity contribution in [1.29, 1.82) is 0 Å². The highest BCUT2D eigenvalue weighted by Crippen LogP contribution is 2.31. The Balaban J connectivity index is 1.48. The van der Waals surface area contributed by atoms with Gasteiger partial charge in [0.2, 0.25) is 11.9 Å². The van der Waals surface area contributed by atoms with Crippen LogP contribution in [-0.2, 0) is 17.5 Å². The van der Waals surface area contributed by atoms with E-state index in [9.17, 15) is 27.2 Å². The summed E-state index contributed by atoms with van der Waals surface area (Å²) in [5.74, 6) is -1.25. The van der Waals surface area contributed by atoms with Crippen LogP contribution >= 0.6 is 0 Å². The van der Waals surface area contributed by atoms with Crippen LogP contribution in [0, 0.1) is 5.82 Å². The second-order valence-corrected chi connectivity index (χ2v) is 7.79. The number of alkyl halides is 3. The lowest BCUT2D eigenvalue weighted by Crippen LogP contribution is -2.22. The summed E-state index contributed by atoms with van der Waals surface area (Å²) in [6.45, 7) is -0.178. The minimum atomic E-state index is -4.68. The Morgan fingerprint density at radius 2 is 1.94 bits per heavy atom. The van der Waals surface area contributed by atoms with Gasteiger partial charge in [-0.05, 0) is 42.7 Å². The number of rotatable bonds is 6. The van der Waals surface area contributed by atoms with Crippen molar-refractivity contribution in [1.82, 2.24) is 30.2 Å². The number of anilines is 2. The zero-order chi connectivity index (χ0) is 24.0. The predicted molar refractivity (Wildman–Crippen MR) is 111 cm³/mol. The van der Waals surface area contributed by atoms with Crippen molar-refractivity contribution >= 4 is 35.6 Å². The molecule has 34 heavy (non-hydrogen) atoms. The maximum atomic E-state index is 13.7. The van der Waals surface area contributed by atoms with Crippen molar-refractivity contribution in [2.45, 2.75) is 31.6 Å². The first kappa shape index (κ1) is 21.6. The smallest absolute Gasteiger partial charge is 0.351 e. The van der Waals surface area contributed by atoms with Crippen LogP contribution in [0.2, 0.25) is 0 Å². The Labute approximate surface area is 188 Å². The Hall–Kier alpha value is -4.23. The van der Waals surface area contributed by atoms with E-state index in [2.05, 4.69) is 36.3 Å². The standard InChI is InChI=1S/C20H16F4N8O2/c21-12-4-9(3-11(6-12)20(22,23)24)7-25-17-29-15-10(5-14-16(33)30-19(34)28-14)8-26-32(15)18(31-17)27-13-1-2-13/h3-6,8,13H,1-2,7H2,(H2,25,27,29,31)(H2,28,30,33,34)/b14-5-. The number of carbonyl (C=O) groups is 2. The monoisotopic (exact) mass is 476 g/mol. The Kier molecular flexibility index (Phi) is 5.06. The SMILES string of the molecule is O=C1NC(=O)/C(=C/c2cnn3c(NC4CC4)nc(NCc4cc(F)cc(C(F)(F)F)c4)nc23)N1. The molecule has 0 unspecified atom stereocenters. The molecule has 2 fully saturated rings. The van der Waals surface area contributed by atoms with E-state index in [0.29, 0.717) is 17.6 Å². The quantitative estimate of drug-likeness (QED) is 0.245. The van der Waals surface area contributed by atoms with Gasteiger partial charge in [0.05, 0.1) is 11.8 Å². The molecule has 1 aliphatic carbocycles. The van der Waals surface area contributed by atoms with E-state index in [0.717, 1.165) is 25.0 Å². The molecule has 1 aromatic carbocycles. The second kappa shape index (κ2) is 7.97.